The van der Waals surface area contributed by atoms with Gasteiger partial charge >= 0.3 is 0 Å². The summed E-state index contributed by atoms with van der Waals surface area (Å²) in [7, 11) is 0. The molecule has 4 rings (SSSR count). The van der Waals surface area contributed by atoms with Crippen molar-refractivity contribution < 1.29 is 0 Å². The Morgan fingerprint density at radius 3 is 2.29 bits per heavy atom. The maximum Gasteiger partial charge on any atom is 0.0346 e. The predicted octanol–water partition coefficient (Wildman–Crippen LogP) is 4.94. The first-order chi connectivity index (χ1) is 10.2. The average Bonchev–Trinajstić information content (AvgIpc) is 2.83. The monoisotopic (exact) mass is 271 g/mol. The fourth-order valence-corrected chi connectivity index (χ4v) is 3.23. The predicted molar refractivity (Wildman–Crippen MR) is 87.4 cm³/mol. The van der Waals surface area contributed by atoms with Crippen LogP contribution in [0.5, 0.6) is 0 Å². The maximum absolute atomic E-state index is 4.31. The Morgan fingerprint density at radius 2 is 1.48 bits per heavy atom. The number of pyridine rings is 1. The Labute approximate surface area is 125 Å². The van der Waals surface area contributed by atoms with Gasteiger partial charge in [-0.25, -0.2) is 0 Å². The second-order valence-electron chi connectivity index (χ2n) is 5.96. The van der Waals surface area contributed by atoms with Gasteiger partial charge in [0.1, 0.15) is 0 Å². The van der Waals surface area contributed by atoms with Crippen LogP contribution in [-0.4, -0.2) is 4.98 Å². The minimum atomic E-state index is 1.04. The molecule has 0 bridgehead atoms. The van der Waals surface area contributed by atoms with Gasteiger partial charge in [0.2, 0.25) is 0 Å². The molecule has 2 aromatic carbocycles. The van der Waals surface area contributed by atoms with E-state index in [1.54, 1.807) is 0 Å². The van der Waals surface area contributed by atoms with E-state index in [4.69, 9.17) is 0 Å². The molecule has 0 spiro atoms. The third-order valence-electron chi connectivity index (χ3n) is 4.25. The Hall–Kier alpha value is -2.41. The quantitative estimate of drug-likeness (QED) is 0.478. The lowest BCUT2D eigenvalue weighted by atomic mass is 9.99. The highest BCUT2D eigenvalue weighted by molar-refractivity contribution is 5.80. The zero-order valence-electron chi connectivity index (χ0n) is 12.4. The lowest BCUT2D eigenvalue weighted by Gasteiger charge is -2.06. The molecular weight excluding hydrogens is 254 g/mol. The number of aryl methyl sites for hydroxylation is 2. The van der Waals surface area contributed by atoms with Gasteiger partial charge in [0, 0.05) is 18.0 Å². The fourth-order valence-electron chi connectivity index (χ4n) is 3.23. The van der Waals surface area contributed by atoms with Crippen LogP contribution in [0.2, 0.25) is 0 Å². The third kappa shape index (κ3) is 2.06. The van der Waals surface area contributed by atoms with Crippen molar-refractivity contribution in [1.29, 1.82) is 0 Å². The van der Waals surface area contributed by atoms with Crippen molar-refractivity contribution in [3.05, 3.63) is 77.1 Å². The average molecular weight is 271 g/mol. The normalized spacial score (nSPS) is 12.1. The van der Waals surface area contributed by atoms with E-state index < -0.39 is 0 Å². The van der Waals surface area contributed by atoms with Crippen molar-refractivity contribution in [3.63, 3.8) is 0 Å². The lowest BCUT2D eigenvalue weighted by molar-refractivity contribution is 1.24. The first-order valence-electron chi connectivity index (χ1n) is 7.35. The number of hydrogen-bond donors (Lipinski definition) is 0. The lowest BCUT2D eigenvalue weighted by Crippen LogP contribution is -1.85. The highest BCUT2D eigenvalue weighted by Gasteiger charge is 2.18. The van der Waals surface area contributed by atoms with Crippen LogP contribution in [0.25, 0.3) is 22.3 Å². The molecule has 21 heavy (non-hydrogen) atoms. The molecule has 1 aliphatic rings. The summed E-state index contributed by atoms with van der Waals surface area (Å²) in [5, 5.41) is 0. The second-order valence-corrected chi connectivity index (χ2v) is 5.96. The van der Waals surface area contributed by atoms with Crippen molar-refractivity contribution in [2.45, 2.75) is 20.3 Å². The summed E-state index contributed by atoms with van der Waals surface area (Å²) >= 11 is 0. The molecule has 1 aliphatic carbocycles. The van der Waals surface area contributed by atoms with Gasteiger partial charge < -0.3 is 0 Å². The molecule has 1 aromatic heterocycles. The van der Waals surface area contributed by atoms with Gasteiger partial charge in [-0.3, -0.25) is 4.98 Å². The fraction of sp³-hybridized carbons (Fsp3) is 0.150. The molecule has 1 nitrogen and oxygen atoms in total. The van der Waals surface area contributed by atoms with E-state index in [0.717, 1.165) is 6.42 Å². The van der Waals surface area contributed by atoms with Crippen molar-refractivity contribution >= 4 is 0 Å². The molecule has 0 fully saturated rings. The van der Waals surface area contributed by atoms with Gasteiger partial charge in [-0.1, -0.05) is 42.0 Å². The highest BCUT2D eigenvalue weighted by Crippen LogP contribution is 2.38. The summed E-state index contributed by atoms with van der Waals surface area (Å²) < 4.78 is 0. The van der Waals surface area contributed by atoms with Crippen LogP contribution in [0.1, 0.15) is 22.3 Å². The third-order valence-corrected chi connectivity index (χ3v) is 4.25. The molecule has 3 aromatic rings. The molecular formula is C20H17N. The zero-order chi connectivity index (χ0) is 14.4. The van der Waals surface area contributed by atoms with Crippen molar-refractivity contribution in [1.82, 2.24) is 4.98 Å². The number of hydrogen-bond acceptors (Lipinski definition) is 1. The number of rotatable bonds is 1. The van der Waals surface area contributed by atoms with E-state index >= 15 is 0 Å². The van der Waals surface area contributed by atoms with Crippen molar-refractivity contribution in [3.8, 4) is 22.3 Å². The van der Waals surface area contributed by atoms with Gasteiger partial charge in [-0.2, -0.15) is 0 Å². The summed E-state index contributed by atoms with van der Waals surface area (Å²) in [6.45, 7) is 4.25. The largest absolute Gasteiger partial charge is 0.264 e. The molecule has 0 aliphatic heterocycles. The summed E-state index contributed by atoms with van der Waals surface area (Å²) in [5.41, 5.74) is 10.6. The molecule has 1 heteroatoms. The van der Waals surface area contributed by atoms with E-state index in [0.29, 0.717) is 0 Å². The molecule has 0 saturated carbocycles. The van der Waals surface area contributed by atoms with Crippen LogP contribution in [0.4, 0.5) is 0 Å². The van der Waals surface area contributed by atoms with Gasteiger partial charge in [-0.05, 0) is 59.7 Å². The minimum Gasteiger partial charge on any atom is -0.264 e. The van der Waals surface area contributed by atoms with E-state index in [2.05, 4.69) is 61.3 Å². The number of benzene rings is 2. The molecule has 1 heterocycles. The van der Waals surface area contributed by atoms with E-state index in [-0.39, 0.29) is 0 Å². The zero-order valence-corrected chi connectivity index (χ0v) is 12.4. The second kappa shape index (κ2) is 4.56. The number of nitrogens with zero attached hydrogens (tertiary/aromatic N) is 1. The summed E-state index contributed by atoms with van der Waals surface area (Å²) in [5.74, 6) is 0. The van der Waals surface area contributed by atoms with E-state index in [1.807, 2.05) is 12.4 Å². The van der Waals surface area contributed by atoms with Gasteiger partial charge in [0.05, 0.1) is 0 Å². The Balaban J connectivity index is 1.81. The Bertz CT molecular complexity index is 846. The van der Waals surface area contributed by atoms with Crippen LogP contribution in [-0.2, 0) is 6.42 Å². The smallest absolute Gasteiger partial charge is 0.0346 e. The van der Waals surface area contributed by atoms with Gasteiger partial charge in [-0.15, -0.1) is 0 Å². The van der Waals surface area contributed by atoms with E-state index in [1.165, 1.54) is 44.5 Å². The Morgan fingerprint density at radius 1 is 0.714 bits per heavy atom. The number of aromatic nitrogens is 1. The maximum atomic E-state index is 4.31. The summed E-state index contributed by atoms with van der Waals surface area (Å²) in [6, 6.07) is 15.8. The first-order valence-corrected chi connectivity index (χ1v) is 7.35. The van der Waals surface area contributed by atoms with Crippen molar-refractivity contribution in [2.24, 2.45) is 0 Å². The van der Waals surface area contributed by atoms with Crippen LogP contribution < -0.4 is 0 Å². The highest BCUT2D eigenvalue weighted by atomic mass is 14.6. The van der Waals surface area contributed by atoms with Crippen LogP contribution >= 0.6 is 0 Å². The molecule has 102 valence electrons. The molecule has 0 unspecified atom stereocenters. The summed E-state index contributed by atoms with van der Waals surface area (Å²) in [6.07, 6.45) is 4.88. The Kier molecular flexibility index (Phi) is 2.68. The summed E-state index contributed by atoms with van der Waals surface area (Å²) in [4.78, 5) is 4.31. The molecule has 0 amide bonds. The molecule has 0 N–H and O–H groups in total. The standard InChI is InChI=1S/C20H17N/c1-13-3-5-19-16(7-13)10-17-9-15(4-6-20(17)19)18-8-14(2)11-21-12-18/h3-9,11-12H,10H2,1-2H3. The van der Waals surface area contributed by atoms with Crippen LogP contribution in [0, 0.1) is 13.8 Å². The van der Waals surface area contributed by atoms with Crippen LogP contribution in [0.15, 0.2) is 54.9 Å². The van der Waals surface area contributed by atoms with Crippen molar-refractivity contribution in [2.75, 3.05) is 0 Å². The number of fused-ring (bicyclic) bond motifs is 3. The SMILES string of the molecule is Cc1cncc(-c2ccc3c(c2)Cc2cc(C)ccc2-3)c1. The minimum absolute atomic E-state index is 1.04. The van der Waals surface area contributed by atoms with Gasteiger partial charge in [0.25, 0.3) is 0 Å². The molecule has 0 saturated heterocycles. The molecule has 0 radical (unpaired) electrons. The van der Waals surface area contributed by atoms with Crippen LogP contribution in [0.3, 0.4) is 0 Å². The first kappa shape index (κ1) is 12.3. The van der Waals surface area contributed by atoms with Gasteiger partial charge in [0.15, 0.2) is 0 Å². The van der Waals surface area contributed by atoms with E-state index in [9.17, 15) is 0 Å². The topological polar surface area (TPSA) is 12.9 Å². The molecule has 0 atom stereocenters.